The predicted molar refractivity (Wildman–Crippen MR) is 191 cm³/mol. The Labute approximate surface area is 310 Å². The van der Waals surface area contributed by atoms with Crippen LogP contribution in [-0.4, -0.2) is 72.7 Å². The topological polar surface area (TPSA) is 120 Å². The third-order valence-electron chi connectivity index (χ3n) is 8.78. The zero-order valence-electron chi connectivity index (χ0n) is 27.5. The maximum Gasteiger partial charge on any atom is 0.258 e. The van der Waals surface area contributed by atoms with Gasteiger partial charge in [0.15, 0.2) is 18.1 Å². The van der Waals surface area contributed by atoms with Crippen molar-refractivity contribution in [1.82, 2.24) is 15.1 Å². The van der Waals surface area contributed by atoms with Crippen molar-refractivity contribution in [3.63, 3.8) is 0 Å². The van der Waals surface area contributed by atoms with Crippen LogP contribution in [0.3, 0.4) is 0 Å². The van der Waals surface area contributed by atoms with Crippen LogP contribution in [-0.2, 0) is 29.0 Å². The Bertz CT molecular complexity index is 1890. The van der Waals surface area contributed by atoms with Crippen LogP contribution in [0.2, 0.25) is 15.1 Å². The normalized spacial score (nSPS) is 14.2. The molecule has 3 amide bonds. The van der Waals surface area contributed by atoms with Gasteiger partial charge in [-0.2, -0.15) is 0 Å². The molecule has 2 aliphatic rings. The molecule has 0 aliphatic carbocycles. The average Bonchev–Trinajstić information content (AvgIpc) is 3.73. The lowest BCUT2D eigenvalue weighted by Gasteiger charge is -2.37. The molecule has 2 atom stereocenters. The van der Waals surface area contributed by atoms with E-state index in [2.05, 4.69) is 5.32 Å². The van der Waals surface area contributed by atoms with E-state index in [1.165, 1.54) is 17.0 Å². The van der Waals surface area contributed by atoms with E-state index in [0.717, 1.165) is 16.7 Å². The van der Waals surface area contributed by atoms with Gasteiger partial charge >= 0.3 is 0 Å². The van der Waals surface area contributed by atoms with Crippen molar-refractivity contribution in [3.8, 4) is 17.2 Å². The van der Waals surface area contributed by atoms with E-state index in [0.29, 0.717) is 30.0 Å². The molecule has 6 rings (SSSR count). The summed E-state index contributed by atoms with van der Waals surface area (Å²) < 4.78 is 16.6. The average molecular weight is 752 g/mol. The molecule has 2 aliphatic heterocycles. The number of hydrogen-bond donors (Lipinski definition) is 1. The van der Waals surface area contributed by atoms with Gasteiger partial charge in [0.2, 0.25) is 12.7 Å². The number of carbonyl (C=O) groups excluding carboxylic acids is 3. The fourth-order valence-corrected chi connectivity index (χ4v) is 6.65. The van der Waals surface area contributed by atoms with E-state index in [9.17, 15) is 19.5 Å². The number of halogens is 3. The molecular weight excluding hydrogens is 717 g/mol. The van der Waals surface area contributed by atoms with Gasteiger partial charge in [-0.25, -0.2) is 0 Å². The second kappa shape index (κ2) is 16.7. The van der Waals surface area contributed by atoms with Gasteiger partial charge < -0.3 is 34.4 Å². The number of ether oxygens (including phenoxy) is 3. The molecule has 2 heterocycles. The summed E-state index contributed by atoms with van der Waals surface area (Å²) in [5.41, 5.74) is 3.28. The van der Waals surface area contributed by atoms with Crippen molar-refractivity contribution < 1.29 is 33.7 Å². The van der Waals surface area contributed by atoms with Crippen molar-refractivity contribution in [1.29, 1.82) is 0 Å². The summed E-state index contributed by atoms with van der Waals surface area (Å²) in [6.45, 7) is 0.375. The van der Waals surface area contributed by atoms with Gasteiger partial charge in [-0.3, -0.25) is 14.4 Å². The molecule has 0 saturated heterocycles. The van der Waals surface area contributed by atoms with E-state index >= 15 is 0 Å². The monoisotopic (exact) mass is 750 g/mol. The second-order valence-electron chi connectivity index (χ2n) is 12.3. The molecule has 266 valence electrons. The molecule has 4 aromatic rings. The van der Waals surface area contributed by atoms with Crippen LogP contribution in [0.5, 0.6) is 17.2 Å². The summed E-state index contributed by atoms with van der Waals surface area (Å²) in [7, 11) is 0. The third kappa shape index (κ3) is 9.25. The summed E-state index contributed by atoms with van der Waals surface area (Å²) in [5.74, 6) is 0.482. The standard InChI is InChI=1S/C38H35Cl3N3O7/c39-28-18-30(41)34(19-29(28)40)49-22-36(46)42-31(16-24-6-2-1-3-7-24)32(45)21-43(14-12-25-10-11-33-35(17-25)51-23-50-33)37(47)13-15-44-20-26-8-4-5-9-27(26)38(44)48/h1-11,17-19,31-32H,12-16,20-23H2,(H,42,46)/q-1/t31-,32?/m0/s1. The van der Waals surface area contributed by atoms with Crippen molar-refractivity contribution >= 4 is 52.5 Å². The molecule has 1 N–H and O–H groups in total. The highest BCUT2D eigenvalue weighted by molar-refractivity contribution is 6.43. The van der Waals surface area contributed by atoms with Gasteiger partial charge in [0, 0.05) is 50.3 Å². The molecule has 0 aromatic heterocycles. The molecular formula is C38H35Cl3N3O7-. The fourth-order valence-electron chi connectivity index (χ4n) is 6.06. The second-order valence-corrected chi connectivity index (χ2v) is 13.5. The van der Waals surface area contributed by atoms with E-state index in [4.69, 9.17) is 49.0 Å². The first kappa shape index (κ1) is 36.3. The molecule has 51 heavy (non-hydrogen) atoms. The number of amides is 3. The van der Waals surface area contributed by atoms with Crippen LogP contribution in [0.15, 0.2) is 84.9 Å². The van der Waals surface area contributed by atoms with Crippen molar-refractivity contribution in [2.75, 3.05) is 33.0 Å². The van der Waals surface area contributed by atoms with Crippen molar-refractivity contribution in [3.05, 3.63) is 122 Å². The van der Waals surface area contributed by atoms with E-state index < -0.39 is 24.7 Å². The Morgan fingerprint density at radius 2 is 1.65 bits per heavy atom. The lowest BCUT2D eigenvalue weighted by Crippen LogP contribution is -2.57. The van der Waals surface area contributed by atoms with Crippen LogP contribution in [0.1, 0.15) is 33.5 Å². The van der Waals surface area contributed by atoms with Gasteiger partial charge in [0.25, 0.3) is 11.8 Å². The zero-order chi connectivity index (χ0) is 35.9. The summed E-state index contributed by atoms with van der Waals surface area (Å²) in [6.07, 6.45) is -0.723. The number of nitrogens with one attached hydrogen (secondary N) is 1. The molecule has 0 spiro atoms. The minimum atomic E-state index is -1.42. The van der Waals surface area contributed by atoms with Crippen molar-refractivity contribution in [2.45, 2.75) is 38.0 Å². The Morgan fingerprint density at radius 1 is 0.902 bits per heavy atom. The largest absolute Gasteiger partial charge is 0.849 e. The first-order valence-corrected chi connectivity index (χ1v) is 17.6. The number of nitrogens with zero attached hydrogens (tertiary/aromatic N) is 2. The fraction of sp³-hybridized carbons (Fsp3) is 0.289. The Hall–Kier alpha value is -4.48. The van der Waals surface area contributed by atoms with Gasteiger partial charge in [-0.05, 0) is 53.8 Å². The van der Waals surface area contributed by atoms with Crippen molar-refractivity contribution in [2.24, 2.45) is 0 Å². The van der Waals surface area contributed by atoms with Crippen LogP contribution < -0.4 is 24.6 Å². The lowest BCUT2D eigenvalue weighted by molar-refractivity contribution is -0.426. The minimum absolute atomic E-state index is 0.0293. The lowest BCUT2D eigenvalue weighted by atomic mass is 10.00. The summed E-state index contributed by atoms with van der Waals surface area (Å²) in [5, 5.41) is 17.6. The minimum Gasteiger partial charge on any atom is -0.849 e. The zero-order valence-corrected chi connectivity index (χ0v) is 29.8. The molecule has 4 aromatic carbocycles. The number of fused-ring (bicyclic) bond motifs is 2. The summed E-state index contributed by atoms with van der Waals surface area (Å²) in [4.78, 5) is 43.1. The smallest absolute Gasteiger partial charge is 0.258 e. The Balaban J connectivity index is 1.15. The Morgan fingerprint density at radius 3 is 2.45 bits per heavy atom. The van der Waals surface area contributed by atoms with Gasteiger partial charge in [0.05, 0.1) is 15.1 Å². The van der Waals surface area contributed by atoms with Gasteiger partial charge in [-0.1, -0.05) is 95.5 Å². The number of hydrogen-bond acceptors (Lipinski definition) is 7. The SMILES string of the molecule is O=C(COc1cc(Cl)c(Cl)cc1Cl)N[C@@H](Cc1ccccc1)C([O-])CN(CCc1ccc2c(c1)OCO2)C(=O)CCN1Cc2ccccc2C1=O. The van der Waals surface area contributed by atoms with Gasteiger partial charge in [-0.15, -0.1) is 0 Å². The highest BCUT2D eigenvalue weighted by Gasteiger charge is 2.28. The van der Waals surface area contributed by atoms with E-state index in [1.54, 1.807) is 11.0 Å². The molecule has 0 fully saturated rings. The number of rotatable bonds is 15. The first-order chi connectivity index (χ1) is 24.6. The molecule has 0 bridgehead atoms. The molecule has 10 nitrogen and oxygen atoms in total. The maximum atomic E-state index is 14.1. The summed E-state index contributed by atoms with van der Waals surface area (Å²) in [6, 6.07) is 24.2. The highest BCUT2D eigenvalue weighted by Crippen LogP contribution is 2.34. The first-order valence-electron chi connectivity index (χ1n) is 16.4. The molecule has 1 unspecified atom stereocenters. The van der Waals surface area contributed by atoms with Crippen LogP contribution >= 0.6 is 34.8 Å². The molecule has 0 radical (unpaired) electrons. The molecule has 13 heteroatoms. The van der Waals surface area contributed by atoms with E-state index in [1.807, 2.05) is 66.7 Å². The van der Waals surface area contributed by atoms with Gasteiger partial charge in [0.1, 0.15) is 5.75 Å². The number of benzene rings is 4. The van der Waals surface area contributed by atoms with Crippen LogP contribution in [0, 0.1) is 0 Å². The summed E-state index contributed by atoms with van der Waals surface area (Å²) >= 11 is 18.3. The molecule has 0 saturated carbocycles. The quantitative estimate of drug-likeness (QED) is 0.163. The predicted octanol–water partition coefficient (Wildman–Crippen LogP) is 5.33. The maximum absolute atomic E-state index is 14.1. The highest BCUT2D eigenvalue weighted by atomic mass is 35.5. The Kier molecular flexibility index (Phi) is 11.9. The van der Waals surface area contributed by atoms with E-state index in [-0.39, 0.29) is 71.9 Å². The van der Waals surface area contributed by atoms with Crippen LogP contribution in [0.25, 0.3) is 0 Å². The number of carbonyl (C=O) groups is 3. The van der Waals surface area contributed by atoms with Crippen LogP contribution in [0.4, 0.5) is 0 Å². The third-order valence-corrected chi connectivity index (χ3v) is 9.80.